The number of rotatable bonds is 6. The maximum absolute atomic E-state index is 12.1. The van der Waals surface area contributed by atoms with Gasteiger partial charge in [0.1, 0.15) is 4.20 Å². The minimum Gasteiger partial charge on any atom is -0.334 e. The summed E-state index contributed by atoms with van der Waals surface area (Å²) in [6.07, 6.45) is 1.96. The van der Waals surface area contributed by atoms with Crippen molar-refractivity contribution in [1.29, 1.82) is 0 Å². The number of carbonyl (C=O) groups excluding carboxylic acids is 1. The van der Waals surface area contributed by atoms with Gasteiger partial charge in [-0.2, -0.15) is 0 Å². The zero-order chi connectivity index (χ0) is 20.6. The number of amides is 2. The highest BCUT2D eigenvalue weighted by Crippen LogP contribution is 2.54. The van der Waals surface area contributed by atoms with Gasteiger partial charge >= 0.3 is 6.03 Å². The third-order valence-corrected chi connectivity index (χ3v) is 8.70. The van der Waals surface area contributed by atoms with Crippen molar-refractivity contribution in [1.82, 2.24) is 15.2 Å². The quantitative estimate of drug-likeness (QED) is 0.368. The molecule has 8 heteroatoms. The summed E-state index contributed by atoms with van der Waals surface area (Å²) in [6, 6.07) is 17.6. The molecular weight excluding hydrogens is 432 g/mol. The van der Waals surface area contributed by atoms with Crippen LogP contribution in [0.3, 0.4) is 0 Å². The minimum atomic E-state index is -0.211. The Morgan fingerprint density at radius 1 is 1.17 bits per heavy atom. The molecule has 1 atom stereocenters. The number of thiazole rings is 1. The molecule has 1 unspecified atom stereocenters. The monoisotopic (exact) mass is 454 g/mol. The van der Waals surface area contributed by atoms with E-state index in [4.69, 9.17) is 12.6 Å². The lowest BCUT2D eigenvalue weighted by Crippen LogP contribution is -2.50. The van der Waals surface area contributed by atoms with Crippen LogP contribution in [0.1, 0.15) is 16.5 Å². The second-order valence-corrected chi connectivity index (χ2v) is 10.9. The normalized spacial score (nSPS) is 21.1. The Morgan fingerprint density at radius 3 is 2.60 bits per heavy atom. The minimum absolute atomic E-state index is 0.0901. The molecule has 2 fully saturated rings. The molecule has 5 rings (SSSR count). The second-order valence-electron chi connectivity index (χ2n) is 7.57. The summed E-state index contributed by atoms with van der Waals surface area (Å²) in [7, 11) is 0. The number of anilines is 1. The molecule has 1 aromatic heterocycles. The first-order chi connectivity index (χ1) is 14.6. The second kappa shape index (κ2) is 8.26. The molecule has 2 aliphatic rings. The molecular formula is C22H22N4OS3. The van der Waals surface area contributed by atoms with Gasteiger partial charge in [-0.3, -0.25) is 4.90 Å². The maximum Gasteiger partial charge on any atom is 0.319 e. The zero-order valence-electron chi connectivity index (χ0n) is 16.2. The summed E-state index contributed by atoms with van der Waals surface area (Å²) in [5.74, 6) is 1.64. The third kappa shape index (κ3) is 4.37. The van der Waals surface area contributed by atoms with E-state index in [1.165, 1.54) is 5.01 Å². The fraction of sp³-hybridized carbons (Fsp3) is 0.273. The van der Waals surface area contributed by atoms with Crippen LogP contribution in [0.4, 0.5) is 10.5 Å². The average Bonchev–Trinajstić information content (AvgIpc) is 3.28. The lowest BCUT2D eigenvalue weighted by Gasteiger charge is -2.41. The summed E-state index contributed by atoms with van der Waals surface area (Å²) in [4.78, 5) is 20.4. The molecule has 3 aromatic rings. The van der Waals surface area contributed by atoms with Gasteiger partial charge in [0.15, 0.2) is 0 Å². The van der Waals surface area contributed by atoms with E-state index in [9.17, 15) is 4.79 Å². The number of thiol groups is 1. The van der Waals surface area contributed by atoms with Gasteiger partial charge in [0, 0.05) is 43.2 Å². The van der Waals surface area contributed by atoms with E-state index in [-0.39, 0.29) is 10.2 Å². The van der Waals surface area contributed by atoms with Crippen LogP contribution in [0.5, 0.6) is 0 Å². The average molecular weight is 455 g/mol. The van der Waals surface area contributed by atoms with Crippen LogP contribution in [0.2, 0.25) is 0 Å². The van der Waals surface area contributed by atoms with E-state index < -0.39 is 0 Å². The molecule has 0 saturated carbocycles. The van der Waals surface area contributed by atoms with Gasteiger partial charge in [-0.1, -0.05) is 42.5 Å². The van der Waals surface area contributed by atoms with Crippen molar-refractivity contribution in [3.63, 3.8) is 0 Å². The lowest BCUT2D eigenvalue weighted by atomic mass is 10.0. The number of urea groups is 1. The van der Waals surface area contributed by atoms with Crippen molar-refractivity contribution >= 4 is 47.4 Å². The van der Waals surface area contributed by atoms with Crippen molar-refractivity contribution in [3.05, 3.63) is 71.4 Å². The SMILES string of the molecule is O=C(NCc1ccccc1)Nc1ccc(-c2cnc(C3CN(C4(S)CS4)C3)s2)cc1. The highest BCUT2D eigenvalue weighted by atomic mass is 32.2. The first-order valence-electron chi connectivity index (χ1n) is 9.85. The van der Waals surface area contributed by atoms with Gasteiger partial charge in [0.25, 0.3) is 0 Å². The molecule has 0 radical (unpaired) electrons. The van der Waals surface area contributed by atoms with Crippen LogP contribution >= 0.6 is 35.7 Å². The van der Waals surface area contributed by atoms with Gasteiger partial charge in [-0.25, -0.2) is 9.78 Å². The third-order valence-electron chi connectivity index (χ3n) is 5.37. The van der Waals surface area contributed by atoms with E-state index in [0.29, 0.717) is 12.5 Å². The van der Waals surface area contributed by atoms with Crippen LogP contribution in [0.15, 0.2) is 60.8 Å². The molecule has 2 aliphatic heterocycles. The largest absolute Gasteiger partial charge is 0.334 e. The predicted octanol–water partition coefficient (Wildman–Crippen LogP) is 4.86. The lowest BCUT2D eigenvalue weighted by molar-refractivity contribution is 0.141. The molecule has 0 spiro atoms. The van der Waals surface area contributed by atoms with Crippen LogP contribution in [-0.2, 0) is 6.54 Å². The first kappa shape index (κ1) is 19.9. The Hall–Kier alpha value is -2.00. The van der Waals surface area contributed by atoms with E-state index >= 15 is 0 Å². The Morgan fingerprint density at radius 2 is 1.90 bits per heavy atom. The van der Waals surface area contributed by atoms with Gasteiger partial charge in [0.2, 0.25) is 0 Å². The number of benzene rings is 2. The molecule has 0 bridgehead atoms. The molecule has 2 N–H and O–H groups in total. The summed E-state index contributed by atoms with van der Waals surface area (Å²) >= 11 is 8.37. The van der Waals surface area contributed by atoms with E-state index in [0.717, 1.165) is 40.5 Å². The molecule has 154 valence electrons. The van der Waals surface area contributed by atoms with Crippen LogP contribution in [-0.4, -0.2) is 39.0 Å². The number of aromatic nitrogens is 1. The van der Waals surface area contributed by atoms with Gasteiger partial charge < -0.3 is 10.6 Å². The molecule has 2 saturated heterocycles. The van der Waals surface area contributed by atoms with Crippen LogP contribution < -0.4 is 10.6 Å². The summed E-state index contributed by atoms with van der Waals surface area (Å²) in [5, 5.41) is 6.95. The number of hydrogen-bond donors (Lipinski definition) is 3. The molecule has 2 amide bonds. The van der Waals surface area contributed by atoms with Crippen molar-refractivity contribution in [2.24, 2.45) is 0 Å². The van der Waals surface area contributed by atoms with E-state index in [1.807, 2.05) is 72.6 Å². The molecule has 0 aliphatic carbocycles. The fourth-order valence-corrected chi connectivity index (χ4v) is 5.45. The Bertz CT molecular complexity index is 1030. The van der Waals surface area contributed by atoms with E-state index in [2.05, 4.69) is 20.5 Å². The zero-order valence-corrected chi connectivity index (χ0v) is 18.8. The summed E-state index contributed by atoms with van der Waals surface area (Å²) < 4.78 is 0.0901. The summed E-state index contributed by atoms with van der Waals surface area (Å²) in [5.41, 5.74) is 2.96. The Labute approximate surface area is 189 Å². The van der Waals surface area contributed by atoms with Gasteiger partial charge in [0.05, 0.1) is 9.88 Å². The number of nitrogens with one attached hydrogen (secondary N) is 2. The number of nitrogens with zero attached hydrogens (tertiary/aromatic N) is 2. The highest BCUT2D eigenvalue weighted by molar-refractivity contribution is 8.19. The number of likely N-dealkylation sites (tertiary alicyclic amines) is 1. The standard InChI is InChI=1S/C22H22N4OS3/c27-21(24-10-15-4-2-1-3-5-15)25-18-8-6-16(7-9-18)19-11-23-20(30-19)17-12-26(13-17)22(28)14-29-22/h1-9,11,17,28H,10,12-14H2,(H2,24,25,27). The van der Waals surface area contributed by atoms with Crippen molar-refractivity contribution < 1.29 is 4.79 Å². The predicted molar refractivity (Wildman–Crippen MR) is 128 cm³/mol. The first-order valence-corrected chi connectivity index (χ1v) is 12.1. The van der Waals surface area contributed by atoms with Gasteiger partial charge in [-0.15, -0.1) is 35.7 Å². The smallest absolute Gasteiger partial charge is 0.319 e. The number of hydrogen-bond acceptors (Lipinski definition) is 6. The Kier molecular flexibility index (Phi) is 5.49. The summed E-state index contributed by atoms with van der Waals surface area (Å²) in [6.45, 7) is 2.59. The topological polar surface area (TPSA) is 57.3 Å². The number of carbonyl (C=O) groups is 1. The van der Waals surface area contributed by atoms with Crippen LogP contribution in [0.25, 0.3) is 10.4 Å². The van der Waals surface area contributed by atoms with Crippen molar-refractivity contribution in [3.8, 4) is 10.4 Å². The fourth-order valence-electron chi connectivity index (χ4n) is 3.45. The highest BCUT2D eigenvalue weighted by Gasteiger charge is 2.51. The maximum atomic E-state index is 12.1. The number of thioether (sulfide) groups is 1. The van der Waals surface area contributed by atoms with Crippen molar-refractivity contribution in [2.45, 2.75) is 16.7 Å². The van der Waals surface area contributed by atoms with Crippen LogP contribution in [0, 0.1) is 0 Å². The molecule has 5 nitrogen and oxygen atoms in total. The van der Waals surface area contributed by atoms with Gasteiger partial charge in [-0.05, 0) is 23.3 Å². The molecule has 30 heavy (non-hydrogen) atoms. The molecule has 2 aromatic carbocycles. The van der Waals surface area contributed by atoms with E-state index in [1.54, 1.807) is 11.3 Å². The van der Waals surface area contributed by atoms with Crippen molar-refractivity contribution in [2.75, 3.05) is 24.2 Å². The Balaban J connectivity index is 1.14. The molecule has 3 heterocycles.